The van der Waals surface area contributed by atoms with E-state index in [1.807, 2.05) is 19.9 Å². The van der Waals surface area contributed by atoms with Crippen molar-refractivity contribution in [3.05, 3.63) is 48.1 Å². The highest BCUT2D eigenvalue weighted by Gasteiger charge is 2.69. The van der Waals surface area contributed by atoms with Crippen molar-refractivity contribution in [2.24, 2.45) is 57.2 Å². The van der Waals surface area contributed by atoms with Gasteiger partial charge < -0.3 is 9.47 Å². The number of fused-ring (bicyclic) bond motifs is 7. The van der Waals surface area contributed by atoms with E-state index in [2.05, 4.69) is 51.2 Å². The SMILES string of the molecule is C=CC(C)(C)CC(=O)OC1CCC2(C)C(CCC3(C)C4CCC5(C6=[N+]=C(c7ncccn7)O6)CC(=O)C(C(C)C)=C5C4CCC32)C1C. The molecule has 0 N–H and O–H groups in total. The third-order valence-corrected chi connectivity index (χ3v) is 14.1. The number of nitrogens with zero attached hydrogens (tertiary/aromatic N) is 3. The van der Waals surface area contributed by atoms with Crippen molar-refractivity contribution in [3.8, 4) is 0 Å². The van der Waals surface area contributed by atoms with Crippen LogP contribution in [0.3, 0.4) is 0 Å². The van der Waals surface area contributed by atoms with Crippen LogP contribution in [0.2, 0.25) is 0 Å². The molecule has 9 atom stereocenters. The molecule has 0 bridgehead atoms. The zero-order chi connectivity index (χ0) is 33.5. The first-order chi connectivity index (χ1) is 22.2. The molecule has 252 valence electrons. The van der Waals surface area contributed by atoms with E-state index in [1.165, 1.54) is 24.8 Å². The van der Waals surface area contributed by atoms with Gasteiger partial charge in [-0.05, 0) is 120 Å². The van der Waals surface area contributed by atoms with E-state index in [9.17, 15) is 9.59 Å². The summed E-state index contributed by atoms with van der Waals surface area (Å²) in [6.07, 6.45) is 14.8. The molecular formula is C40H54N3O4+. The number of ether oxygens (including phenoxy) is 2. The van der Waals surface area contributed by atoms with Crippen LogP contribution >= 0.6 is 0 Å². The molecule has 0 amide bonds. The highest BCUT2D eigenvalue weighted by atomic mass is 16.5. The zero-order valence-corrected chi connectivity index (χ0v) is 29.6. The number of esters is 1. The van der Waals surface area contributed by atoms with Gasteiger partial charge in [0.05, 0.1) is 6.42 Å². The lowest BCUT2D eigenvalue weighted by atomic mass is 9.38. The van der Waals surface area contributed by atoms with Crippen LogP contribution in [0.5, 0.6) is 0 Å². The molecule has 7 heteroatoms. The van der Waals surface area contributed by atoms with E-state index in [1.54, 1.807) is 18.5 Å². The van der Waals surface area contributed by atoms with Crippen molar-refractivity contribution in [3.63, 3.8) is 0 Å². The van der Waals surface area contributed by atoms with E-state index < -0.39 is 5.41 Å². The lowest BCUT2D eigenvalue weighted by molar-refractivity contribution is -0.190. The Kier molecular flexibility index (Phi) is 7.78. The molecule has 1 aromatic rings. The van der Waals surface area contributed by atoms with Crippen LogP contribution in [0.4, 0.5) is 0 Å². The third kappa shape index (κ3) is 4.92. The summed E-state index contributed by atoms with van der Waals surface area (Å²) in [6.45, 7) is 19.9. The zero-order valence-electron chi connectivity index (χ0n) is 29.6. The molecule has 0 saturated heterocycles. The minimum Gasteiger partial charge on any atom is -0.462 e. The molecular weight excluding hydrogens is 586 g/mol. The molecule has 4 saturated carbocycles. The van der Waals surface area contributed by atoms with Gasteiger partial charge in [-0.15, -0.1) is 6.58 Å². The van der Waals surface area contributed by atoms with Gasteiger partial charge in [0.15, 0.2) is 5.78 Å². The Morgan fingerprint density at radius 2 is 1.74 bits per heavy atom. The van der Waals surface area contributed by atoms with Crippen LogP contribution in [-0.4, -0.2) is 39.6 Å². The maximum Gasteiger partial charge on any atom is 0.547 e. The van der Waals surface area contributed by atoms with Crippen molar-refractivity contribution in [1.29, 1.82) is 0 Å². The molecule has 1 aliphatic heterocycles. The van der Waals surface area contributed by atoms with Crippen molar-refractivity contribution >= 4 is 23.5 Å². The topological polar surface area (TPSA) is 92.5 Å². The Hall–Kier alpha value is -3.05. The molecule has 1 aromatic heterocycles. The standard InChI is InChI=1S/C40H54N3O4/c1-9-37(5,6)22-31(45)46-29-15-17-38(7)26(24(29)4)13-16-39(8)27-14-18-40(36-43-35(47-36)34-41-19-10-20-42-34)21-28(44)32(23(2)3)33(40)25(27)11-12-30(38)39/h9-10,19-20,23-27,29-30H,1,11-18,21-22H2,2-8H3/q+1. The van der Waals surface area contributed by atoms with Gasteiger partial charge in [0.1, 0.15) is 11.5 Å². The number of carbonyl (C=O) groups excluding carboxylic acids is 2. The predicted molar refractivity (Wildman–Crippen MR) is 183 cm³/mol. The largest absolute Gasteiger partial charge is 0.547 e. The van der Waals surface area contributed by atoms with Crippen molar-refractivity contribution in [2.45, 2.75) is 119 Å². The number of aromatic nitrogens is 2. The van der Waals surface area contributed by atoms with Crippen LogP contribution in [0, 0.1) is 57.2 Å². The lowest BCUT2D eigenvalue weighted by Gasteiger charge is -2.67. The lowest BCUT2D eigenvalue weighted by Crippen LogP contribution is -2.61. The van der Waals surface area contributed by atoms with Gasteiger partial charge in [-0.25, -0.2) is 9.97 Å². The van der Waals surface area contributed by atoms with Gasteiger partial charge in [-0.1, -0.05) is 54.5 Å². The third-order valence-electron chi connectivity index (χ3n) is 14.1. The second-order valence-corrected chi connectivity index (χ2v) is 17.4. The summed E-state index contributed by atoms with van der Waals surface area (Å²) < 4.78 is 17.4. The first-order valence-electron chi connectivity index (χ1n) is 18.3. The number of hydrogen-bond acceptors (Lipinski definition) is 6. The Bertz CT molecular complexity index is 1590. The fourth-order valence-electron chi connectivity index (χ4n) is 11.9. The van der Waals surface area contributed by atoms with Gasteiger partial charge in [-0.2, -0.15) is 0 Å². The maximum absolute atomic E-state index is 13.9. The molecule has 0 spiro atoms. The Balaban J connectivity index is 1.17. The number of Topliss-reactive ketones (excluding diaryl/α,β-unsaturated/α-hetero) is 1. The van der Waals surface area contributed by atoms with Gasteiger partial charge in [-0.3, -0.25) is 9.59 Å². The molecule has 0 radical (unpaired) electrons. The van der Waals surface area contributed by atoms with Crippen LogP contribution in [-0.2, 0) is 19.1 Å². The van der Waals surface area contributed by atoms with E-state index in [-0.39, 0.29) is 40.0 Å². The van der Waals surface area contributed by atoms with Crippen molar-refractivity contribution in [2.75, 3.05) is 0 Å². The second kappa shape index (κ2) is 11.3. The van der Waals surface area contributed by atoms with Crippen LogP contribution in [0.15, 0.2) is 42.3 Å². The first kappa shape index (κ1) is 32.5. The summed E-state index contributed by atoms with van der Waals surface area (Å²) in [5.41, 5.74) is 2.14. The van der Waals surface area contributed by atoms with Gasteiger partial charge in [0.25, 0.3) is 5.82 Å². The molecule has 5 aliphatic carbocycles. The summed E-state index contributed by atoms with van der Waals surface area (Å²) in [4.78, 5) is 35.5. The van der Waals surface area contributed by atoms with Gasteiger partial charge in [0, 0.05) is 23.5 Å². The van der Waals surface area contributed by atoms with Crippen LogP contribution < -0.4 is 4.67 Å². The van der Waals surface area contributed by atoms with Gasteiger partial charge in [0.2, 0.25) is 0 Å². The molecule has 0 aromatic carbocycles. The minimum absolute atomic E-state index is 0.00771. The Labute approximate surface area is 280 Å². The Morgan fingerprint density at radius 3 is 2.43 bits per heavy atom. The highest BCUT2D eigenvalue weighted by Crippen LogP contribution is 2.72. The summed E-state index contributed by atoms with van der Waals surface area (Å²) in [5.74, 6) is 4.46. The average molecular weight is 641 g/mol. The van der Waals surface area contributed by atoms with E-state index in [4.69, 9.17) is 14.1 Å². The molecule has 6 aliphatic rings. The predicted octanol–water partition coefficient (Wildman–Crippen LogP) is 7.43. The van der Waals surface area contributed by atoms with Crippen molar-refractivity contribution < 1.29 is 19.1 Å². The smallest absolute Gasteiger partial charge is 0.462 e. The molecule has 2 heterocycles. The number of carbonyl (C=O) groups is 2. The van der Waals surface area contributed by atoms with Crippen LogP contribution in [0.1, 0.15) is 118 Å². The number of allylic oxidation sites excluding steroid dienone is 2. The Morgan fingerprint density at radius 1 is 1.09 bits per heavy atom. The molecule has 7 rings (SSSR count). The fraction of sp³-hybridized carbons (Fsp3) is 0.700. The second-order valence-electron chi connectivity index (χ2n) is 17.4. The molecule has 4 fully saturated rings. The molecule has 7 nitrogen and oxygen atoms in total. The van der Waals surface area contributed by atoms with Gasteiger partial charge >= 0.3 is 17.8 Å². The fourth-order valence-corrected chi connectivity index (χ4v) is 11.9. The summed E-state index contributed by atoms with van der Waals surface area (Å²) in [6, 6.07) is 1.79. The molecule has 47 heavy (non-hydrogen) atoms. The minimum atomic E-state index is -0.433. The average Bonchev–Trinajstić information content (AvgIpc) is 3.31. The first-order valence-corrected chi connectivity index (χ1v) is 18.3. The van der Waals surface area contributed by atoms with Crippen LogP contribution in [0.25, 0.3) is 0 Å². The monoisotopic (exact) mass is 640 g/mol. The van der Waals surface area contributed by atoms with E-state index in [0.29, 0.717) is 60.1 Å². The normalized spacial score (nSPS) is 39.4. The summed E-state index contributed by atoms with van der Waals surface area (Å²) >= 11 is 0. The highest BCUT2D eigenvalue weighted by molar-refractivity contribution is 6.14. The van der Waals surface area contributed by atoms with E-state index >= 15 is 0 Å². The summed E-state index contributed by atoms with van der Waals surface area (Å²) in [7, 11) is 0. The number of hydrogen-bond donors (Lipinski definition) is 0. The van der Waals surface area contributed by atoms with E-state index in [0.717, 1.165) is 37.7 Å². The number of ketones is 1. The van der Waals surface area contributed by atoms with Crippen molar-refractivity contribution in [1.82, 2.24) is 14.6 Å². The molecule has 9 unspecified atom stereocenters. The quantitative estimate of drug-likeness (QED) is 0.175. The number of rotatable bonds is 7. The summed E-state index contributed by atoms with van der Waals surface area (Å²) in [5, 5.41) is 0. The maximum atomic E-state index is 13.9.